The first kappa shape index (κ1) is 12.9. The van der Waals surface area contributed by atoms with Crippen molar-refractivity contribution in [2.45, 2.75) is 38.1 Å². The molecule has 2 fully saturated rings. The summed E-state index contributed by atoms with van der Waals surface area (Å²) < 4.78 is 11.0. The molecular formula is C16H23NO2. The third kappa shape index (κ3) is 1.87. The van der Waals surface area contributed by atoms with Crippen LogP contribution in [0.2, 0.25) is 0 Å². The van der Waals surface area contributed by atoms with E-state index in [2.05, 4.69) is 26.0 Å². The van der Waals surface area contributed by atoms with Gasteiger partial charge in [-0.1, -0.05) is 12.1 Å². The Kier molecular flexibility index (Phi) is 3.06. The Morgan fingerprint density at radius 1 is 1.21 bits per heavy atom. The maximum Gasteiger partial charge on any atom is 0.124 e. The van der Waals surface area contributed by atoms with Gasteiger partial charge in [-0.2, -0.15) is 0 Å². The summed E-state index contributed by atoms with van der Waals surface area (Å²) in [5, 5.41) is 0. The van der Waals surface area contributed by atoms with Crippen molar-refractivity contribution >= 4 is 0 Å². The fourth-order valence-electron chi connectivity index (χ4n) is 3.63. The normalized spacial score (nSPS) is 28.4. The number of ether oxygens (including phenoxy) is 2. The van der Waals surface area contributed by atoms with Crippen LogP contribution in [0.3, 0.4) is 0 Å². The Bertz CT molecular complexity index is 465. The van der Waals surface area contributed by atoms with Gasteiger partial charge in [-0.15, -0.1) is 0 Å². The summed E-state index contributed by atoms with van der Waals surface area (Å²) in [7, 11) is 1.74. The average Bonchev–Trinajstić information content (AvgIpc) is 2.25. The molecule has 1 heterocycles. The van der Waals surface area contributed by atoms with Crippen molar-refractivity contribution in [3.05, 3.63) is 28.8 Å². The number of rotatable bonds is 3. The van der Waals surface area contributed by atoms with Crippen molar-refractivity contribution in [1.82, 2.24) is 0 Å². The van der Waals surface area contributed by atoms with Gasteiger partial charge in [0, 0.05) is 11.5 Å². The highest BCUT2D eigenvalue weighted by molar-refractivity contribution is 5.47. The van der Waals surface area contributed by atoms with Gasteiger partial charge in [0.15, 0.2) is 0 Å². The molecule has 104 valence electrons. The molecule has 3 heteroatoms. The zero-order valence-electron chi connectivity index (χ0n) is 12.0. The van der Waals surface area contributed by atoms with Crippen molar-refractivity contribution in [2.75, 3.05) is 20.3 Å². The average molecular weight is 261 g/mol. The second-order valence-electron chi connectivity index (χ2n) is 6.22. The van der Waals surface area contributed by atoms with E-state index in [9.17, 15) is 0 Å². The predicted octanol–water partition coefficient (Wildman–Crippen LogP) is 2.32. The Hall–Kier alpha value is -1.06. The Balaban J connectivity index is 1.96. The molecule has 1 saturated heterocycles. The number of hydrogen-bond donors (Lipinski definition) is 1. The summed E-state index contributed by atoms with van der Waals surface area (Å²) >= 11 is 0. The second-order valence-corrected chi connectivity index (χ2v) is 6.22. The second kappa shape index (κ2) is 4.50. The van der Waals surface area contributed by atoms with Crippen LogP contribution in [0.4, 0.5) is 0 Å². The highest BCUT2D eigenvalue weighted by atomic mass is 16.5. The molecule has 1 aromatic carbocycles. The molecule has 2 N–H and O–H groups in total. The molecule has 0 radical (unpaired) electrons. The van der Waals surface area contributed by atoms with E-state index < -0.39 is 0 Å². The topological polar surface area (TPSA) is 44.5 Å². The van der Waals surface area contributed by atoms with Gasteiger partial charge >= 0.3 is 0 Å². The first-order chi connectivity index (χ1) is 9.06. The lowest BCUT2D eigenvalue weighted by Crippen LogP contribution is -2.58. The number of methoxy groups -OCH3 is 1. The van der Waals surface area contributed by atoms with Crippen molar-refractivity contribution in [3.8, 4) is 5.75 Å². The summed E-state index contributed by atoms with van der Waals surface area (Å²) in [4.78, 5) is 0. The molecule has 3 nitrogen and oxygen atoms in total. The summed E-state index contributed by atoms with van der Waals surface area (Å²) in [6, 6.07) is 4.94. The molecule has 0 spiro atoms. The molecule has 1 aliphatic heterocycles. The molecule has 0 bridgehead atoms. The Morgan fingerprint density at radius 3 is 2.16 bits per heavy atom. The van der Waals surface area contributed by atoms with Crippen molar-refractivity contribution < 1.29 is 9.47 Å². The van der Waals surface area contributed by atoms with Gasteiger partial charge in [-0.25, -0.2) is 0 Å². The SMILES string of the molecule is COc1c(C)cc(C2(C3CC(N)C3)COC2)cc1C. The number of aryl methyl sites for hydroxylation is 2. The van der Waals surface area contributed by atoms with E-state index in [0.29, 0.717) is 12.0 Å². The highest BCUT2D eigenvalue weighted by Gasteiger charge is 2.51. The van der Waals surface area contributed by atoms with Crippen LogP contribution in [0.1, 0.15) is 29.5 Å². The standard InChI is InChI=1S/C16H23NO2/c1-10-4-12(5-11(2)15(10)18-3)16(8-19-9-16)13-6-14(17)7-13/h4-5,13-14H,6-9,17H2,1-3H3. The van der Waals surface area contributed by atoms with E-state index in [1.165, 1.54) is 16.7 Å². The third-order valence-electron chi connectivity index (χ3n) is 4.91. The summed E-state index contributed by atoms with van der Waals surface area (Å²) in [6.07, 6.45) is 2.26. The lowest BCUT2D eigenvalue weighted by atomic mass is 9.59. The van der Waals surface area contributed by atoms with Crippen LogP contribution in [0.5, 0.6) is 5.75 Å². The molecule has 19 heavy (non-hydrogen) atoms. The molecule has 0 unspecified atom stereocenters. The number of nitrogens with two attached hydrogens (primary N) is 1. The van der Waals surface area contributed by atoms with E-state index in [1.54, 1.807) is 7.11 Å². The Morgan fingerprint density at radius 2 is 1.79 bits per heavy atom. The van der Waals surface area contributed by atoms with Crippen LogP contribution in [0.15, 0.2) is 12.1 Å². The molecule has 0 amide bonds. The van der Waals surface area contributed by atoms with Gasteiger partial charge in [0.1, 0.15) is 5.75 Å². The highest BCUT2D eigenvalue weighted by Crippen LogP contribution is 2.49. The molecule has 3 rings (SSSR count). The lowest BCUT2D eigenvalue weighted by molar-refractivity contribution is -0.111. The fourth-order valence-corrected chi connectivity index (χ4v) is 3.63. The first-order valence-electron chi connectivity index (χ1n) is 7.06. The van der Waals surface area contributed by atoms with E-state index in [1.807, 2.05) is 0 Å². The van der Waals surface area contributed by atoms with Crippen molar-refractivity contribution in [2.24, 2.45) is 11.7 Å². The molecule has 1 aliphatic carbocycles. The minimum atomic E-state index is 0.206. The number of benzene rings is 1. The molecule has 1 aromatic rings. The fraction of sp³-hybridized carbons (Fsp3) is 0.625. The predicted molar refractivity (Wildman–Crippen MR) is 75.7 cm³/mol. The smallest absolute Gasteiger partial charge is 0.124 e. The summed E-state index contributed by atoms with van der Waals surface area (Å²) in [5.74, 6) is 1.69. The van der Waals surface area contributed by atoms with Crippen molar-refractivity contribution in [1.29, 1.82) is 0 Å². The quantitative estimate of drug-likeness (QED) is 0.908. The van der Waals surface area contributed by atoms with Gasteiger partial charge in [0.05, 0.1) is 20.3 Å². The van der Waals surface area contributed by atoms with E-state index in [0.717, 1.165) is 31.8 Å². The van der Waals surface area contributed by atoms with Crippen LogP contribution < -0.4 is 10.5 Å². The zero-order valence-corrected chi connectivity index (χ0v) is 12.0. The van der Waals surface area contributed by atoms with Gasteiger partial charge in [-0.05, 0) is 49.3 Å². The van der Waals surface area contributed by atoms with E-state index in [-0.39, 0.29) is 5.41 Å². The van der Waals surface area contributed by atoms with Gasteiger partial charge in [0.2, 0.25) is 0 Å². The van der Waals surface area contributed by atoms with E-state index in [4.69, 9.17) is 15.2 Å². The first-order valence-corrected chi connectivity index (χ1v) is 7.06. The summed E-state index contributed by atoms with van der Waals surface area (Å²) in [6.45, 7) is 5.93. The minimum absolute atomic E-state index is 0.206. The van der Waals surface area contributed by atoms with Crippen LogP contribution in [0.25, 0.3) is 0 Å². The van der Waals surface area contributed by atoms with Gasteiger partial charge < -0.3 is 15.2 Å². The monoisotopic (exact) mass is 261 g/mol. The lowest BCUT2D eigenvalue weighted by Gasteiger charge is -2.53. The third-order valence-corrected chi connectivity index (χ3v) is 4.91. The zero-order chi connectivity index (χ0) is 13.6. The molecule has 0 aromatic heterocycles. The molecule has 1 saturated carbocycles. The van der Waals surface area contributed by atoms with Crippen LogP contribution in [-0.4, -0.2) is 26.4 Å². The maximum absolute atomic E-state index is 5.97. The largest absolute Gasteiger partial charge is 0.496 e. The summed E-state index contributed by atoms with van der Waals surface area (Å²) in [5.41, 5.74) is 10.0. The number of hydrogen-bond acceptors (Lipinski definition) is 3. The maximum atomic E-state index is 5.97. The molecular weight excluding hydrogens is 238 g/mol. The minimum Gasteiger partial charge on any atom is -0.496 e. The van der Waals surface area contributed by atoms with Crippen molar-refractivity contribution in [3.63, 3.8) is 0 Å². The van der Waals surface area contributed by atoms with Gasteiger partial charge in [0.25, 0.3) is 0 Å². The Labute approximate surface area is 115 Å². The van der Waals surface area contributed by atoms with Gasteiger partial charge in [-0.3, -0.25) is 0 Å². The van der Waals surface area contributed by atoms with E-state index >= 15 is 0 Å². The van der Waals surface area contributed by atoms with Crippen LogP contribution >= 0.6 is 0 Å². The molecule has 2 aliphatic rings. The van der Waals surface area contributed by atoms with Crippen LogP contribution in [-0.2, 0) is 10.2 Å². The molecule has 0 atom stereocenters. The van der Waals surface area contributed by atoms with Crippen LogP contribution in [0, 0.1) is 19.8 Å².